The van der Waals surface area contributed by atoms with Crippen molar-refractivity contribution in [1.29, 1.82) is 5.26 Å². The number of nitrogens with one attached hydrogen (secondary N) is 1. The van der Waals surface area contributed by atoms with Crippen LogP contribution in [-0.4, -0.2) is 4.98 Å². The number of nitriles is 1. The number of hydrogen-bond donors (Lipinski definition) is 1. The summed E-state index contributed by atoms with van der Waals surface area (Å²) in [5.41, 5.74) is 5.21. The van der Waals surface area contributed by atoms with Gasteiger partial charge in [-0.1, -0.05) is 54.1 Å². The van der Waals surface area contributed by atoms with Crippen LogP contribution in [-0.2, 0) is 0 Å². The highest BCUT2D eigenvalue weighted by molar-refractivity contribution is 5.76. The van der Waals surface area contributed by atoms with Crippen LogP contribution < -0.4 is 5.56 Å². The van der Waals surface area contributed by atoms with Gasteiger partial charge in [0.05, 0.1) is 0 Å². The molecule has 1 N–H and O–H groups in total. The summed E-state index contributed by atoms with van der Waals surface area (Å²) in [6.07, 6.45) is 0. The minimum atomic E-state index is -0.358. The van der Waals surface area contributed by atoms with E-state index in [0.29, 0.717) is 5.56 Å². The van der Waals surface area contributed by atoms with E-state index in [2.05, 4.69) is 4.98 Å². The van der Waals surface area contributed by atoms with Gasteiger partial charge >= 0.3 is 0 Å². The second-order valence-corrected chi connectivity index (χ2v) is 5.59. The predicted octanol–water partition coefficient (Wildman–Crippen LogP) is 4.20. The van der Waals surface area contributed by atoms with Crippen molar-refractivity contribution in [3.8, 4) is 28.5 Å². The maximum atomic E-state index is 12.3. The Morgan fingerprint density at radius 1 is 0.957 bits per heavy atom. The minimum Gasteiger partial charge on any atom is -0.321 e. The second-order valence-electron chi connectivity index (χ2n) is 5.59. The molecular formula is C20H16N2O. The molecule has 1 heterocycles. The summed E-state index contributed by atoms with van der Waals surface area (Å²) in [7, 11) is 0. The van der Waals surface area contributed by atoms with Crippen molar-refractivity contribution in [2.24, 2.45) is 0 Å². The zero-order valence-corrected chi connectivity index (χ0v) is 13.1. The highest BCUT2D eigenvalue weighted by atomic mass is 16.1. The maximum absolute atomic E-state index is 12.3. The van der Waals surface area contributed by atoms with E-state index in [1.54, 1.807) is 0 Å². The lowest BCUT2D eigenvalue weighted by atomic mass is 9.97. The largest absolute Gasteiger partial charge is 0.321 e. The number of aromatic nitrogens is 1. The number of aromatic amines is 1. The van der Waals surface area contributed by atoms with Crippen LogP contribution in [0.4, 0.5) is 0 Å². The summed E-state index contributed by atoms with van der Waals surface area (Å²) < 4.78 is 0. The first kappa shape index (κ1) is 14.8. The van der Waals surface area contributed by atoms with E-state index in [1.807, 2.05) is 74.5 Å². The standard InChI is InChI=1S/C20H16N2O/c1-13-7-9-15(10-8-13)17-11-19(22-20(23)18(17)12-21)16-6-4-3-5-14(16)2/h3-11H,1-2H3,(H,22,23). The van der Waals surface area contributed by atoms with E-state index in [1.165, 1.54) is 0 Å². The molecule has 0 fully saturated rings. The van der Waals surface area contributed by atoms with Gasteiger partial charge in [0, 0.05) is 16.8 Å². The summed E-state index contributed by atoms with van der Waals surface area (Å²) in [4.78, 5) is 15.2. The number of nitrogens with zero attached hydrogens (tertiary/aromatic N) is 1. The zero-order valence-electron chi connectivity index (χ0n) is 13.1. The summed E-state index contributed by atoms with van der Waals surface area (Å²) in [5.74, 6) is 0. The van der Waals surface area contributed by atoms with Crippen molar-refractivity contribution in [1.82, 2.24) is 4.98 Å². The first-order valence-corrected chi connectivity index (χ1v) is 7.40. The predicted molar refractivity (Wildman–Crippen MR) is 92.1 cm³/mol. The fourth-order valence-electron chi connectivity index (χ4n) is 2.65. The van der Waals surface area contributed by atoms with E-state index in [9.17, 15) is 10.1 Å². The Kier molecular flexibility index (Phi) is 3.82. The molecule has 0 radical (unpaired) electrons. The molecule has 0 unspecified atom stereocenters. The van der Waals surface area contributed by atoms with Gasteiger partial charge in [0.25, 0.3) is 5.56 Å². The summed E-state index contributed by atoms with van der Waals surface area (Å²) in [6, 6.07) is 19.6. The number of rotatable bonds is 2. The molecule has 23 heavy (non-hydrogen) atoms. The Morgan fingerprint density at radius 3 is 2.30 bits per heavy atom. The monoisotopic (exact) mass is 300 g/mol. The van der Waals surface area contributed by atoms with Gasteiger partial charge in [-0.3, -0.25) is 4.79 Å². The lowest BCUT2D eigenvalue weighted by Crippen LogP contribution is -2.13. The van der Waals surface area contributed by atoms with Crippen LogP contribution in [0.5, 0.6) is 0 Å². The van der Waals surface area contributed by atoms with Gasteiger partial charge in [-0.05, 0) is 31.0 Å². The van der Waals surface area contributed by atoms with Crippen LogP contribution in [0.1, 0.15) is 16.7 Å². The Morgan fingerprint density at radius 2 is 1.65 bits per heavy atom. The van der Waals surface area contributed by atoms with Crippen molar-refractivity contribution in [3.05, 3.63) is 81.6 Å². The Balaban J connectivity index is 2.27. The Bertz CT molecular complexity index is 960. The maximum Gasteiger partial charge on any atom is 0.266 e. The number of pyridine rings is 1. The molecule has 0 amide bonds. The van der Waals surface area contributed by atoms with Gasteiger partial charge in [0.2, 0.25) is 0 Å². The SMILES string of the molecule is Cc1ccc(-c2cc(-c3ccccc3C)[nH]c(=O)c2C#N)cc1. The average molecular weight is 300 g/mol. The fourth-order valence-corrected chi connectivity index (χ4v) is 2.65. The lowest BCUT2D eigenvalue weighted by Gasteiger charge is -2.10. The molecule has 0 aliphatic carbocycles. The van der Waals surface area contributed by atoms with Crippen molar-refractivity contribution in [2.45, 2.75) is 13.8 Å². The zero-order chi connectivity index (χ0) is 16.4. The fraction of sp³-hybridized carbons (Fsp3) is 0.100. The minimum absolute atomic E-state index is 0.145. The Labute approximate surface area is 134 Å². The topological polar surface area (TPSA) is 56.6 Å². The third kappa shape index (κ3) is 2.79. The van der Waals surface area contributed by atoms with Gasteiger partial charge in [-0.2, -0.15) is 5.26 Å². The number of benzene rings is 2. The van der Waals surface area contributed by atoms with Crippen LogP contribution in [0.3, 0.4) is 0 Å². The summed E-state index contributed by atoms with van der Waals surface area (Å²) in [5, 5.41) is 9.36. The third-order valence-corrected chi connectivity index (χ3v) is 3.94. The van der Waals surface area contributed by atoms with Gasteiger partial charge in [0.15, 0.2) is 0 Å². The number of hydrogen-bond acceptors (Lipinski definition) is 2. The van der Waals surface area contributed by atoms with E-state index >= 15 is 0 Å². The molecule has 0 aliphatic heterocycles. The number of aryl methyl sites for hydroxylation is 2. The third-order valence-electron chi connectivity index (χ3n) is 3.94. The molecule has 1 aromatic heterocycles. The van der Waals surface area contributed by atoms with Crippen molar-refractivity contribution in [3.63, 3.8) is 0 Å². The quantitative estimate of drug-likeness (QED) is 0.771. The van der Waals surface area contributed by atoms with Gasteiger partial charge in [-0.25, -0.2) is 0 Å². The molecule has 3 nitrogen and oxygen atoms in total. The van der Waals surface area contributed by atoms with Crippen LogP contribution in [0, 0.1) is 25.2 Å². The van der Waals surface area contributed by atoms with Gasteiger partial charge in [-0.15, -0.1) is 0 Å². The first-order valence-electron chi connectivity index (χ1n) is 7.40. The van der Waals surface area contributed by atoms with E-state index in [-0.39, 0.29) is 11.1 Å². The number of H-pyrrole nitrogens is 1. The van der Waals surface area contributed by atoms with Crippen LogP contribution >= 0.6 is 0 Å². The summed E-state index contributed by atoms with van der Waals surface area (Å²) in [6.45, 7) is 4.00. The second kappa shape index (κ2) is 5.94. The highest BCUT2D eigenvalue weighted by Crippen LogP contribution is 2.27. The Hall–Kier alpha value is -3.12. The molecule has 0 spiro atoms. The molecule has 3 heteroatoms. The van der Waals surface area contributed by atoms with Crippen LogP contribution in [0.15, 0.2) is 59.4 Å². The molecule has 2 aromatic carbocycles. The van der Waals surface area contributed by atoms with Crippen molar-refractivity contribution < 1.29 is 0 Å². The van der Waals surface area contributed by atoms with Crippen LogP contribution in [0.2, 0.25) is 0 Å². The molecule has 0 bridgehead atoms. The van der Waals surface area contributed by atoms with E-state index in [0.717, 1.165) is 27.9 Å². The van der Waals surface area contributed by atoms with Gasteiger partial charge < -0.3 is 4.98 Å². The van der Waals surface area contributed by atoms with E-state index < -0.39 is 0 Å². The summed E-state index contributed by atoms with van der Waals surface area (Å²) >= 11 is 0. The van der Waals surface area contributed by atoms with Gasteiger partial charge in [0.1, 0.15) is 11.6 Å². The molecule has 0 saturated heterocycles. The molecule has 0 aliphatic rings. The normalized spacial score (nSPS) is 10.3. The molecule has 3 rings (SSSR count). The van der Waals surface area contributed by atoms with Crippen molar-refractivity contribution >= 4 is 0 Å². The molecule has 0 saturated carbocycles. The van der Waals surface area contributed by atoms with Crippen molar-refractivity contribution in [2.75, 3.05) is 0 Å². The molecular weight excluding hydrogens is 284 g/mol. The molecule has 112 valence electrons. The van der Waals surface area contributed by atoms with Crippen LogP contribution in [0.25, 0.3) is 22.4 Å². The lowest BCUT2D eigenvalue weighted by molar-refractivity contribution is 1.21. The first-order chi connectivity index (χ1) is 11.1. The molecule has 0 atom stereocenters. The molecule has 3 aromatic rings. The average Bonchev–Trinajstić information content (AvgIpc) is 2.55. The smallest absolute Gasteiger partial charge is 0.266 e. The van der Waals surface area contributed by atoms with E-state index in [4.69, 9.17) is 0 Å². The highest BCUT2D eigenvalue weighted by Gasteiger charge is 2.13.